The van der Waals surface area contributed by atoms with Gasteiger partial charge in [0.25, 0.3) is 0 Å². The van der Waals surface area contributed by atoms with Crippen LogP contribution in [-0.4, -0.2) is 24.2 Å². The van der Waals surface area contributed by atoms with E-state index >= 15 is 0 Å². The van der Waals surface area contributed by atoms with Crippen molar-refractivity contribution in [2.75, 3.05) is 18.0 Å². The van der Waals surface area contributed by atoms with Crippen LogP contribution >= 0.6 is 0 Å². The second kappa shape index (κ2) is 5.42. The van der Waals surface area contributed by atoms with E-state index in [1.54, 1.807) is 0 Å². The molecule has 1 fully saturated rings. The van der Waals surface area contributed by atoms with Gasteiger partial charge in [-0.2, -0.15) is 0 Å². The molecule has 18 heavy (non-hydrogen) atoms. The second-order valence-electron chi connectivity index (χ2n) is 5.38. The first kappa shape index (κ1) is 12.9. The molecule has 0 bridgehead atoms. The Bertz CT molecular complexity index is 422. The molecule has 3 nitrogen and oxygen atoms in total. The van der Waals surface area contributed by atoms with E-state index in [-0.39, 0.29) is 0 Å². The van der Waals surface area contributed by atoms with Gasteiger partial charge in [-0.25, -0.2) is 0 Å². The summed E-state index contributed by atoms with van der Waals surface area (Å²) in [4.78, 5) is 13.0. The fourth-order valence-corrected chi connectivity index (χ4v) is 2.76. The largest absolute Gasteiger partial charge is 0.481 e. The molecule has 1 aromatic carbocycles. The normalized spacial score (nSPS) is 19.2. The van der Waals surface area contributed by atoms with Gasteiger partial charge >= 0.3 is 5.97 Å². The van der Waals surface area contributed by atoms with Gasteiger partial charge in [-0.15, -0.1) is 0 Å². The quantitative estimate of drug-likeness (QED) is 0.889. The summed E-state index contributed by atoms with van der Waals surface area (Å²) in [5.41, 5.74) is 3.86. The maximum Gasteiger partial charge on any atom is 0.303 e. The van der Waals surface area contributed by atoms with Crippen molar-refractivity contribution in [3.63, 3.8) is 0 Å². The molecular weight excluding hydrogens is 226 g/mol. The molecule has 1 aromatic rings. The Morgan fingerprint density at radius 1 is 1.33 bits per heavy atom. The third kappa shape index (κ3) is 3.25. The van der Waals surface area contributed by atoms with Crippen LogP contribution in [0.5, 0.6) is 0 Å². The number of hydrogen-bond acceptors (Lipinski definition) is 2. The van der Waals surface area contributed by atoms with Crippen LogP contribution in [0.25, 0.3) is 0 Å². The highest BCUT2D eigenvalue weighted by atomic mass is 16.4. The molecule has 3 heteroatoms. The fraction of sp³-hybridized carbons (Fsp3) is 0.533. The molecule has 98 valence electrons. The molecule has 0 saturated carbocycles. The minimum atomic E-state index is -0.681. The average molecular weight is 247 g/mol. The SMILES string of the molecule is Cc1cc(C)cc(N2CCC(CCC(=O)O)C2)c1. The minimum absolute atomic E-state index is 0.297. The zero-order valence-electron chi connectivity index (χ0n) is 11.1. The predicted molar refractivity (Wildman–Crippen MR) is 73.1 cm³/mol. The number of carboxylic acids is 1. The molecular formula is C15H21NO2. The highest BCUT2D eigenvalue weighted by Gasteiger charge is 2.23. The van der Waals surface area contributed by atoms with Crippen molar-refractivity contribution in [2.45, 2.75) is 33.1 Å². The lowest BCUT2D eigenvalue weighted by Crippen LogP contribution is -2.20. The molecule has 0 aliphatic carbocycles. The molecule has 1 atom stereocenters. The summed E-state index contributed by atoms with van der Waals surface area (Å²) >= 11 is 0. The molecule has 2 rings (SSSR count). The van der Waals surface area contributed by atoms with Gasteiger partial charge in [0.05, 0.1) is 0 Å². The van der Waals surface area contributed by atoms with E-state index in [2.05, 4.69) is 36.9 Å². The van der Waals surface area contributed by atoms with Crippen molar-refractivity contribution in [3.05, 3.63) is 29.3 Å². The smallest absolute Gasteiger partial charge is 0.303 e. The van der Waals surface area contributed by atoms with E-state index in [1.165, 1.54) is 16.8 Å². The van der Waals surface area contributed by atoms with Crippen LogP contribution < -0.4 is 4.90 Å². The van der Waals surface area contributed by atoms with Crippen molar-refractivity contribution in [1.29, 1.82) is 0 Å². The van der Waals surface area contributed by atoms with E-state index in [1.807, 2.05) is 0 Å². The van der Waals surface area contributed by atoms with E-state index in [0.29, 0.717) is 12.3 Å². The summed E-state index contributed by atoms with van der Waals surface area (Å²) in [6.45, 7) is 6.28. The van der Waals surface area contributed by atoms with Crippen molar-refractivity contribution < 1.29 is 9.90 Å². The van der Waals surface area contributed by atoms with Crippen LogP contribution in [0.15, 0.2) is 18.2 Å². The van der Waals surface area contributed by atoms with Crippen molar-refractivity contribution in [2.24, 2.45) is 5.92 Å². The van der Waals surface area contributed by atoms with Gasteiger partial charge in [0.15, 0.2) is 0 Å². The van der Waals surface area contributed by atoms with Gasteiger partial charge < -0.3 is 10.0 Å². The van der Waals surface area contributed by atoms with E-state index in [4.69, 9.17) is 5.11 Å². The molecule has 1 aliphatic heterocycles. The third-order valence-corrected chi connectivity index (χ3v) is 3.62. The number of anilines is 1. The average Bonchev–Trinajstić information content (AvgIpc) is 2.73. The first-order valence-electron chi connectivity index (χ1n) is 6.59. The maximum absolute atomic E-state index is 10.6. The Morgan fingerprint density at radius 3 is 2.61 bits per heavy atom. The lowest BCUT2D eigenvalue weighted by molar-refractivity contribution is -0.137. The lowest BCUT2D eigenvalue weighted by atomic mass is 10.0. The monoisotopic (exact) mass is 247 g/mol. The summed E-state index contributed by atoms with van der Waals surface area (Å²) in [5.74, 6) is -0.151. The van der Waals surface area contributed by atoms with Crippen LogP contribution in [0, 0.1) is 19.8 Å². The number of aryl methyl sites for hydroxylation is 2. The van der Waals surface area contributed by atoms with Crippen molar-refractivity contribution in [3.8, 4) is 0 Å². The van der Waals surface area contributed by atoms with Crippen LogP contribution in [0.3, 0.4) is 0 Å². The molecule has 0 aromatic heterocycles. The van der Waals surface area contributed by atoms with Crippen LogP contribution in [0.2, 0.25) is 0 Å². The number of hydrogen-bond donors (Lipinski definition) is 1. The number of carboxylic acid groups (broad SMARTS) is 1. The van der Waals surface area contributed by atoms with Gasteiger partial charge in [0, 0.05) is 25.2 Å². The van der Waals surface area contributed by atoms with E-state index in [9.17, 15) is 4.79 Å². The molecule has 1 saturated heterocycles. The number of rotatable bonds is 4. The maximum atomic E-state index is 10.6. The summed E-state index contributed by atoms with van der Waals surface area (Å²) < 4.78 is 0. The fourth-order valence-electron chi connectivity index (χ4n) is 2.76. The highest BCUT2D eigenvalue weighted by Crippen LogP contribution is 2.27. The molecule has 0 amide bonds. The Kier molecular flexibility index (Phi) is 3.90. The number of aliphatic carboxylic acids is 1. The Labute approximate surface area is 108 Å². The number of nitrogens with zero attached hydrogens (tertiary/aromatic N) is 1. The topological polar surface area (TPSA) is 40.5 Å². The summed E-state index contributed by atoms with van der Waals surface area (Å²) in [6.07, 6.45) is 2.21. The van der Waals surface area contributed by atoms with Crippen LogP contribution in [0.1, 0.15) is 30.4 Å². The van der Waals surface area contributed by atoms with Gasteiger partial charge in [0.2, 0.25) is 0 Å². The first-order valence-corrected chi connectivity index (χ1v) is 6.59. The standard InChI is InChI=1S/C15H21NO2/c1-11-7-12(2)9-14(8-11)16-6-5-13(10-16)3-4-15(17)18/h7-9,13H,3-6,10H2,1-2H3,(H,17,18). The van der Waals surface area contributed by atoms with Gasteiger partial charge in [-0.3, -0.25) is 4.79 Å². The van der Waals surface area contributed by atoms with E-state index < -0.39 is 5.97 Å². The summed E-state index contributed by atoms with van der Waals surface area (Å²) in [7, 11) is 0. The van der Waals surface area contributed by atoms with Gasteiger partial charge in [-0.1, -0.05) is 6.07 Å². The summed E-state index contributed by atoms with van der Waals surface area (Å²) in [6, 6.07) is 6.61. The Morgan fingerprint density at radius 2 is 2.00 bits per heavy atom. The molecule has 0 radical (unpaired) electrons. The lowest BCUT2D eigenvalue weighted by Gasteiger charge is -2.20. The molecule has 1 N–H and O–H groups in total. The number of benzene rings is 1. The Hall–Kier alpha value is -1.51. The third-order valence-electron chi connectivity index (χ3n) is 3.62. The van der Waals surface area contributed by atoms with Crippen molar-refractivity contribution >= 4 is 11.7 Å². The molecule has 1 aliphatic rings. The zero-order valence-corrected chi connectivity index (χ0v) is 11.1. The van der Waals surface area contributed by atoms with Gasteiger partial charge in [0.1, 0.15) is 0 Å². The zero-order chi connectivity index (χ0) is 13.1. The highest BCUT2D eigenvalue weighted by molar-refractivity contribution is 5.66. The second-order valence-corrected chi connectivity index (χ2v) is 5.38. The number of carbonyl (C=O) groups is 1. The van der Waals surface area contributed by atoms with Crippen LogP contribution in [0.4, 0.5) is 5.69 Å². The van der Waals surface area contributed by atoms with Crippen LogP contribution in [-0.2, 0) is 4.79 Å². The Balaban J connectivity index is 1.97. The first-order chi connectivity index (χ1) is 8.54. The molecule has 1 heterocycles. The summed E-state index contributed by atoms with van der Waals surface area (Å²) in [5, 5.41) is 8.72. The van der Waals surface area contributed by atoms with Crippen molar-refractivity contribution in [1.82, 2.24) is 0 Å². The predicted octanol–water partition coefficient (Wildman–Crippen LogP) is 2.99. The van der Waals surface area contributed by atoms with E-state index in [0.717, 1.165) is 25.9 Å². The molecule has 1 unspecified atom stereocenters. The minimum Gasteiger partial charge on any atom is -0.481 e. The van der Waals surface area contributed by atoms with Gasteiger partial charge in [-0.05, 0) is 55.9 Å². The molecule has 0 spiro atoms.